The number of nitrogen functional groups attached to an aromatic ring is 2. The lowest BCUT2D eigenvalue weighted by atomic mass is 10.1. The largest absolute Gasteiger partial charge is 0.399 e. The van der Waals surface area contributed by atoms with E-state index in [0.717, 1.165) is 21.8 Å². The first-order valence-corrected chi connectivity index (χ1v) is 9.26. The molecule has 3 rings (SSSR count). The summed E-state index contributed by atoms with van der Waals surface area (Å²) in [7, 11) is -3.92. The van der Waals surface area contributed by atoms with Crippen molar-refractivity contribution in [2.24, 2.45) is 0 Å². The van der Waals surface area contributed by atoms with E-state index in [-0.39, 0.29) is 31.0 Å². The number of rotatable bonds is 5. The van der Waals surface area contributed by atoms with Crippen LogP contribution in [0.4, 0.5) is 11.4 Å². The number of hydrogen-bond donors (Lipinski definition) is 4. The molecule has 0 bridgehead atoms. The second-order valence-corrected chi connectivity index (χ2v) is 7.58. The van der Waals surface area contributed by atoms with Gasteiger partial charge in [-0.3, -0.25) is 4.57 Å². The van der Waals surface area contributed by atoms with Gasteiger partial charge >= 0.3 is 7.60 Å². The highest BCUT2D eigenvalue weighted by molar-refractivity contribution is 7.51. The van der Waals surface area contributed by atoms with E-state index in [2.05, 4.69) is 4.57 Å². The van der Waals surface area contributed by atoms with Crippen molar-refractivity contribution in [1.29, 1.82) is 0 Å². The standard InChI is InChI=1S/C16H20N3O3P.2ClH/c17-11-3-5-15-13(9-11)14-10-12(18)4-6-16(14)19(15)7-1-2-8-23(20,21)22;;/h3-6,9-10H,1-2,7-8,17-18H2,(H2,20,21,22);2*1H. The highest BCUT2D eigenvalue weighted by Gasteiger charge is 2.14. The Bertz CT molecular complexity index is 865. The van der Waals surface area contributed by atoms with Crippen molar-refractivity contribution in [3.05, 3.63) is 36.4 Å². The third-order valence-electron chi connectivity index (χ3n) is 3.99. The number of nitrogens with two attached hydrogens (primary N) is 2. The number of benzene rings is 2. The van der Waals surface area contributed by atoms with Crippen molar-refractivity contribution >= 4 is 65.6 Å². The Hall–Kier alpha value is -1.43. The molecule has 0 radical (unpaired) electrons. The predicted molar refractivity (Wildman–Crippen MR) is 109 cm³/mol. The van der Waals surface area contributed by atoms with E-state index in [1.807, 2.05) is 36.4 Å². The van der Waals surface area contributed by atoms with Crippen LogP contribution in [0.5, 0.6) is 0 Å². The molecule has 0 aliphatic carbocycles. The maximum atomic E-state index is 11.0. The lowest BCUT2D eigenvalue weighted by Gasteiger charge is -2.08. The van der Waals surface area contributed by atoms with Gasteiger partial charge in [0.2, 0.25) is 0 Å². The van der Waals surface area contributed by atoms with Crippen molar-refractivity contribution < 1.29 is 14.4 Å². The Balaban J connectivity index is 0.00000156. The first kappa shape index (κ1) is 21.6. The molecular formula is C16H22Cl2N3O3P. The lowest BCUT2D eigenvalue weighted by molar-refractivity contribution is 0.370. The Labute approximate surface area is 158 Å². The highest BCUT2D eigenvalue weighted by atomic mass is 35.5. The van der Waals surface area contributed by atoms with Crippen LogP contribution in [0.2, 0.25) is 0 Å². The number of fused-ring (bicyclic) bond motifs is 3. The summed E-state index contributed by atoms with van der Waals surface area (Å²) in [5.74, 6) is 0. The molecule has 0 atom stereocenters. The second-order valence-electron chi connectivity index (χ2n) is 5.80. The van der Waals surface area contributed by atoms with Crippen LogP contribution >= 0.6 is 32.4 Å². The normalized spacial score (nSPS) is 11.3. The molecule has 0 aliphatic rings. The number of anilines is 2. The third kappa shape index (κ3) is 4.81. The fraction of sp³-hybridized carbons (Fsp3) is 0.250. The average molecular weight is 406 g/mol. The molecule has 3 aromatic rings. The van der Waals surface area contributed by atoms with E-state index in [4.69, 9.17) is 21.3 Å². The fourth-order valence-corrected chi connectivity index (χ4v) is 3.60. The van der Waals surface area contributed by atoms with E-state index < -0.39 is 7.60 Å². The summed E-state index contributed by atoms with van der Waals surface area (Å²) in [6.07, 6.45) is 1.10. The van der Waals surface area contributed by atoms with Crippen molar-refractivity contribution in [2.75, 3.05) is 17.6 Å². The molecule has 6 N–H and O–H groups in total. The zero-order valence-electron chi connectivity index (χ0n) is 13.5. The van der Waals surface area contributed by atoms with Crippen LogP contribution < -0.4 is 11.5 Å². The number of unbranched alkanes of at least 4 members (excludes halogenated alkanes) is 1. The minimum Gasteiger partial charge on any atom is -0.399 e. The molecule has 0 saturated carbocycles. The molecule has 1 aromatic heterocycles. The molecule has 0 amide bonds. The van der Waals surface area contributed by atoms with Gasteiger partial charge in [0.05, 0.1) is 0 Å². The minimum atomic E-state index is -3.92. The summed E-state index contributed by atoms with van der Waals surface area (Å²) in [5.41, 5.74) is 15.3. The number of aryl methyl sites for hydroxylation is 1. The second kappa shape index (κ2) is 8.30. The summed E-state index contributed by atoms with van der Waals surface area (Å²) in [6, 6.07) is 11.5. The number of halogens is 2. The molecule has 0 unspecified atom stereocenters. The van der Waals surface area contributed by atoms with Gasteiger partial charge in [0.25, 0.3) is 0 Å². The Morgan fingerprint density at radius 1 is 0.880 bits per heavy atom. The van der Waals surface area contributed by atoms with Crippen molar-refractivity contribution in [3.8, 4) is 0 Å². The van der Waals surface area contributed by atoms with Gasteiger partial charge in [-0.05, 0) is 49.2 Å². The maximum Gasteiger partial charge on any atom is 0.325 e. The Kier molecular flexibility index (Phi) is 7.18. The molecule has 0 fully saturated rings. The maximum absolute atomic E-state index is 11.0. The summed E-state index contributed by atoms with van der Waals surface area (Å²) in [5, 5.41) is 2.09. The van der Waals surface area contributed by atoms with Gasteiger partial charge in [-0.2, -0.15) is 0 Å². The van der Waals surface area contributed by atoms with Gasteiger partial charge in [-0.1, -0.05) is 0 Å². The molecule has 2 aromatic carbocycles. The molecule has 0 aliphatic heterocycles. The quantitative estimate of drug-likeness (QED) is 0.293. The minimum absolute atomic E-state index is 0. The molecule has 25 heavy (non-hydrogen) atoms. The predicted octanol–water partition coefficient (Wildman–Crippen LogP) is 3.76. The van der Waals surface area contributed by atoms with Gasteiger partial charge in [0.1, 0.15) is 0 Å². The summed E-state index contributed by atoms with van der Waals surface area (Å²) in [4.78, 5) is 17.9. The molecule has 0 spiro atoms. The van der Waals surface area contributed by atoms with E-state index in [9.17, 15) is 4.57 Å². The van der Waals surface area contributed by atoms with Gasteiger partial charge in [-0.15, -0.1) is 24.8 Å². The van der Waals surface area contributed by atoms with Crippen LogP contribution in [0.25, 0.3) is 21.8 Å². The first-order chi connectivity index (χ1) is 10.8. The van der Waals surface area contributed by atoms with E-state index in [1.165, 1.54) is 0 Å². The van der Waals surface area contributed by atoms with E-state index in [1.54, 1.807) is 0 Å². The topological polar surface area (TPSA) is 114 Å². The van der Waals surface area contributed by atoms with Crippen molar-refractivity contribution in [1.82, 2.24) is 4.57 Å². The van der Waals surface area contributed by atoms with Crippen LogP contribution in [0.15, 0.2) is 36.4 Å². The summed E-state index contributed by atoms with van der Waals surface area (Å²) < 4.78 is 13.1. The number of hydrogen-bond acceptors (Lipinski definition) is 3. The Morgan fingerprint density at radius 3 is 1.80 bits per heavy atom. The summed E-state index contributed by atoms with van der Waals surface area (Å²) in [6.45, 7) is 0.688. The smallest absolute Gasteiger partial charge is 0.325 e. The van der Waals surface area contributed by atoms with Crippen LogP contribution in [-0.4, -0.2) is 20.5 Å². The van der Waals surface area contributed by atoms with Crippen LogP contribution in [0.1, 0.15) is 12.8 Å². The van der Waals surface area contributed by atoms with Crippen molar-refractivity contribution in [3.63, 3.8) is 0 Å². The third-order valence-corrected chi connectivity index (χ3v) is 4.89. The zero-order chi connectivity index (χ0) is 16.6. The van der Waals surface area contributed by atoms with Gasteiger partial charge in [0.15, 0.2) is 0 Å². The SMILES string of the molecule is Cl.Cl.Nc1ccc2c(c1)c1cc(N)ccc1n2CCCCP(=O)(O)O. The molecule has 0 saturated heterocycles. The highest BCUT2D eigenvalue weighted by Crippen LogP contribution is 2.36. The number of nitrogens with zero attached hydrogens (tertiary/aromatic N) is 1. The van der Waals surface area contributed by atoms with E-state index in [0.29, 0.717) is 30.8 Å². The van der Waals surface area contributed by atoms with Crippen LogP contribution in [0, 0.1) is 0 Å². The van der Waals surface area contributed by atoms with Gasteiger partial charge < -0.3 is 25.8 Å². The Morgan fingerprint density at radius 2 is 1.36 bits per heavy atom. The molecule has 1 heterocycles. The van der Waals surface area contributed by atoms with Crippen LogP contribution in [-0.2, 0) is 11.1 Å². The average Bonchev–Trinajstić information content (AvgIpc) is 2.75. The molecule has 9 heteroatoms. The van der Waals surface area contributed by atoms with Crippen molar-refractivity contribution in [2.45, 2.75) is 19.4 Å². The fourth-order valence-electron chi connectivity index (χ4n) is 2.97. The zero-order valence-corrected chi connectivity index (χ0v) is 16.0. The molecule has 138 valence electrons. The monoisotopic (exact) mass is 405 g/mol. The molecule has 6 nitrogen and oxygen atoms in total. The van der Waals surface area contributed by atoms with E-state index >= 15 is 0 Å². The number of aromatic nitrogens is 1. The first-order valence-electron chi connectivity index (χ1n) is 7.47. The summed E-state index contributed by atoms with van der Waals surface area (Å²) >= 11 is 0. The molecular weight excluding hydrogens is 384 g/mol. The van der Waals surface area contributed by atoms with Gasteiger partial charge in [0, 0.05) is 45.9 Å². The lowest BCUT2D eigenvalue weighted by Crippen LogP contribution is -1.99. The van der Waals surface area contributed by atoms with Crippen LogP contribution in [0.3, 0.4) is 0 Å². The van der Waals surface area contributed by atoms with Gasteiger partial charge in [-0.25, -0.2) is 0 Å².